The van der Waals surface area contributed by atoms with Crippen LogP contribution >= 0.6 is 11.3 Å². The summed E-state index contributed by atoms with van der Waals surface area (Å²) < 4.78 is 5.02. The summed E-state index contributed by atoms with van der Waals surface area (Å²) in [6, 6.07) is 0.557. The van der Waals surface area contributed by atoms with Crippen LogP contribution in [0.15, 0.2) is 5.38 Å². The van der Waals surface area contributed by atoms with E-state index in [0.717, 1.165) is 43.5 Å². The number of ether oxygens (including phenoxy) is 1. The minimum atomic E-state index is 0.557. The Morgan fingerprint density at radius 3 is 2.90 bits per heavy atom. The lowest BCUT2D eigenvalue weighted by Gasteiger charge is -2.28. The summed E-state index contributed by atoms with van der Waals surface area (Å²) in [6.45, 7) is 10.3. The van der Waals surface area contributed by atoms with E-state index in [1.165, 1.54) is 12.8 Å². The molecule has 0 radical (unpaired) electrons. The molecule has 20 heavy (non-hydrogen) atoms. The van der Waals surface area contributed by atoms with Crippen molar-refractivity contribution in [2.45, 2.75) is 52.6 Å². The number of nitrogens with one attached hydrogen (secondary N) is 1. The molecule has 1 N–H and O–H groups in total. The zero-order chi connectivity index (χ0) is 14.8. The highest BCUT2D eigenvalue weighted by molar-refractivity contribution is 7.13. The number of methoxy groups -OCH3 is 1. The lowest BCUT2D eigenvalue weighted by Crippen LogP contribution is -2.33. The van der Waals surface area contributed by atoms with E-state index in [9.17, 15) is 0 Å². The number of thiazole rings is 1. The maximum absolute atomic E-state index is 5.02. The fourth-order valence-electron chi connectivity index (χ4n) is 1.95. The molecule has 0 aromatic carbocycles. The molecule has 0 fully saturated rings. The molecule has 4 nitrogen and oxygen atoms in total. The van der Waals surface area contributed by atoms with E-state index in [0.29, 0.717) is 6.04 Å². The van der Waals surface area contributed by atoms with Crippen LogP contribution in [0.2, 0.25) is 0 Å². The Bertz CT molecular complexity index is 357. The van der Waals surface area contributed by atoms with E-state index in [1.54, 1.807) is 18.4 Å². The van der Waals surface area contributed by atoms with Gasteiger partial charge in [-0.2, -0.15) is 0 Å². The Morgan fingerprint density at radius 1 is 1.45 bits per heavy atom. The molecular weight excluding hydrogens is 270 g/mol. The van der Waals surface area contributed by atoms with Crippen LogP contribution in [-0.4, -0.2) is 37.8 Å². The van der Waals surface area contributed by atoms with Gasteiger partial charge in [0, 0.05) is 38.2 Å². The molecule has 5 heteroatoms. The highest BCUT2D eigenvalue weighted by Gasteiger charge is 2.15. The van der Waals surface area contributed by atoms with Crippen LogP contribution in [0.25, 0.3) is 0 Å². The van der Waals surface area contributed by atoms with E-state index in [-0.39, 0.29) is 0 Å². The highest BCUT2D eigenvalue weighted by Crippen LogP contribution is 2.24. The standard InChI is InChI=1S/C15H29N3OS/c1-5-7-9-18(13(3)6-2)15-17-14(12-20-15)11-16-8-10-19-4/h12-13,16H,5-11H2,1-4H3. The first kappa shape index (κ1) is 17.4. The second-order valence-electron chi connectivity index (χ2n) is 5.10. The van der Waals surface area contributed by atoms with Crippen LogP contribution in [0.5, 0.6) is 0 Å². The average molecular weight is 299 g/mol. The molecule has 0 aliphatic rings. The number of hydrogen-bond acceptors (Lipinski definition) is 5. The Morgan fingerprint density at radius 2 is 2.25 bits per heavy atom. The molecule has 0 amide bonds. The summed E-state index contributed by atoms with van der Waals surface area (Å²) in [6.07, 6.45) is 3.61. The zero-order valence-electron chi connectivity index (χ0n) is 13.3. The number of nitrogens with zero attached hydrogens (tertiary/aromatic N) is 2. The van der Waals surface area contributed by atoms with Gasteiger partial charge in [0.25, 0.3) is 0 Å². The first-order valence-electron chi connectivity index (χ1n) is 7.63. The molecule has 0 saturated heterocycles. The topological polar surface area (TPSA) is 37.4 Å². The molecule has 1 atom stereocenters. The minimum absolute atomic E-state index is 0.557. The van der Waals surface area contributed by atoms with Gasteiger partial charge < -0.3 is 15.0 Å². The van der Waals surface area contributed by atoms with Gasteiger partial charge >= 0.3 is 0 Å². The fourth-order valence-corrected chi connectivity index (χ4v) is 2.91. The Labute approximate surface area is 127 Å². The number of aromatic nitrogens is 1. The summed E-state index contributed by atoms with van der Waals surface area (Å²) in [4.78, 5) is 7.22. The van der Waals surface area contributed by atoms with Crippen molar-refractivity contribution in [1.29, 1.82) is 0 Å². The van der Waals surface area contributed by atoms with Crippen LogP contribution in [0, 0.1) is 0 Å². The van der Waals surface area contributed by atoms with Gasteiger partial charge in [0.2, 0.25) is 0 Å². The van der Waals surface area contributed by atoms with Crippen LogP contribution in [0.4, 0.5) is 5.13 Å². The predicted octanol–water partition coefficient (Wildman–Crippen LogP) is 3.28. The summed E-state index contributed by atoms with van der Waals surface area (Å²) in [5.41, 5.74) is 1.13. The van der Waals surface area contributed by atoms with Crippen molar-refractivity contribution in [1.82, 2.24) is 10.3 Å². The number of hydrogen-bond donors (Lipinski definition) is 1. The Hall–Kier alpha value is -0.650. The van der Waals surface area contributed by atoms with Gasteiger partial charge in [0.1, 0.15) is 0 Å². The van der Waals surface area contributed by atoms with Gasteiger partial charge in [-0.3, -0.25) is 0 Å². The molecule has 1 aromatic rings. The quantitative estimate of drug-likeness (QED) is 0.636. The lowest BCUT2D eigenvalue weighted by molar-refractivity contribution is 0.199. The summed E-state index contributed by atoms with van der Waals surface area (Å²) in [5, 5.41) is 6.67. The van der Waals surface area contributed by atoms with Gasteiger partial charge in [-0.1, -0.05) is 20.3 Å². The molecule has 0 aliphatic carbocycles. The van der Waals surface area contributed by atoms with E-state index in [2.05, 4.69) is 36.4 Å². The third-order valence-corrected chi connectivity index (χ3v) is 4.38. The molecule has 0 bridgehead atoms. The number of unbranched alkanes of at least 4 members (excludes halogenated alkanes) is 1. The van der Waals surface area contributed by atoms with Crippen molar-refractivity contribution in [3.8, 4) is 0 Å². The second kappa shape index (κ2) is 10.1. The zero-order valence-corrected chi connectivity index (χ0v) is 14.1. The predicted molar refractivity (Wildman–Crippen MR) is 87.7 cm³/mol. The lowest BCUT2D eigenvalue weighted by atomic mass is 10.2. The van der Waals surface area contributed by atoms with Gasteiger partial charge in [-0.25, -0.2) is 4.98 Å². The fraction of sp³-hybridized carbons (Fsp3) is 0.800. The van der Waals surface area contributed by atoms with Crippen LogP contribution < -0.4 is 10.2 Å². The van der Waals surface area contributed by atoms with Crippen molar-refractivity contribution >= 4 is 16.5 Å². The molecular formula is C15H29N3OS. The monoisotopic (exact) mass is 299 g/mol. The van der Waals surface area contributed by atoms with Gasteiger partial charge in [-0.05, 0) is 19.8 Å². The summed E-state index contributed by atoms with van der Waals surface area (Å²) >= 11 is 1.76. The second-order valence-corrected chi connectivity index (χ2v) is 5.93. The molecule has 116 valence electrons. The highest BCUT2D eigenvalue weighted by atomic mass is 32.1. The largest absolute Gasteiger partial charge is 0.383 e. The van der Waals surface area contributed by atoms with Crippen molar-refractivity contribution in [2.24, 2.45) is 0 Å². The third kappa shape index (κ3) is 5.77. The van der Waals surface area contributed by atoms with E-state index >= 15 is 0 Å². The SMILES string of the molecule is CCCCN(c1nc(CNCCOC)cs1)C(C)CC. The van der Waals surface area contributed by atoms with Gasteiger partial charge in [0.05, 0.1) is 12.3 Å². The first-order valence-corrected chi connectivity index (χ1v) is 8.51. The summed E-state index contributed by atoms with van der Waals surface area (Å²) in [7, 11) is 1.72. The van der Waals surface area contributed by atoms with Crippen molar-refractivity contribution in [3.63, 3.8) is 0 Å². The number of rotatable bonds is 11. The van der Waals surface area contributed by atoms with E-state index in [4.69, 9.17) is 9.72 Å². The molecule has 1 heterocycles. The van der Waals surface area contributed by atoms with Gasteiger partial charge in [-0.15, -0.1) is 11.3 Å². The van der Waals surface area contributed by atoms with Crippen molar-refractivity contribution < 1.29 is 4.74 Å². The Kier molecular flexibility index (Phi) is 8.82. The molecule has 1 unspecified atom stereocenters. The van der Waals surface area contributed by atoms with E-state index < -0.39 is 0 Å². The van der Waals surface area contributed by atoms with Crippen LogP contribution in [0.1, 0.15) is 45.7 Å². The van der Waals surface area contributed by atoms with Crippen molar-refractivity contribution in [2.75, 3.05) is 31.7 Å². The molecule has 0 spiro atoms. The van der Waals surface area contributed by atoms with Crippen LogP contribution in [0.3, 0.4) is 0 Å². The minimum Gasteiger partial charge on any atom is -0.383 e. The molecule has 0 aliphatic heterocycles. The average Bonchev–Trinajstić information content (AvgIpc) is 2.92. The Balaban J connectivity index is 2.56. The summed E-state index contributed by atoms with van der Waals surface area (Å²) in [5.74, 6) is 0. The maximum atomic E-state index is 5.02. The normalized spacial score (nSPS) is 12.6. The number of anilines is 1. The maximum Gasteiger partial charge on any atom is 0.185 e. The molecule has 0 saturated carbocycles. The first-order chi connectivity index (χ1) is 9.72. The van der Waals surface area contributed by atoms with Crippen molar-refractivity contribution in [3.05, 3.63) is 11.1 Å². The third-order valence-electron chi connectivity index (χ3n) is 3.45. The van der Waals surface area contributed by atoms with E-state index in [1.807, 2.05) is 0 Å². The smallest absolute Gasteiger partial charge is 0.185 e. The van der Waals surface area contributed by atoms with Gasteiger partial charge in [0.15, 0.2) is 5.13 Å². The van der Waals surface area contributed by atoms with Crippen LogP contribution in [-0.2, 0) is 11.3 Å². The molecule has 1 aromatic heterocycles. The molecule has 1 rings (SSSR count).